The predicted molar refractivity (Wildman–Crippen MR) is 85.7 cm³/mol. The number of carbonyl (C=O) groups excluding carboxylic acids is 1. The lowest BCUT2D eigenvalue weighted by molar-refractivity contribution is -0.143. The topological polar surface area (TPSA) is 92.8 Å². The molecular formula is C16H16F3N5O2. The van der Waals surface area contributed by atoms with Crippen molar-refractivity contribution in [2.24, 2.45) is 0 Å². The van der Waals surface area contributed by atoms with E-state index in [0.717, 1.165) is 6.20 Å². The predicted octanol–water partition coefficient (Wildman–Crippen LogP) is 3.81. The fraction of sp³-hybridized carbons (Fsp3) is 0.375. The first-order valence-corrected chi connectivity index (χ1v) is 7.45. The largest absolute Gasteiger partial charge is 0.444 e. The van der Waals surface area contributed by atoms with Crippen LogP contribution in [0.25, 0.3) is 5.82 Å². The van der Waals surface area contributed by atoms with Crippen LogP contribution in [-0.2, 0) is 10.9 Å². The molecule has 0 saturated carbocycles. The van der Waals surface area contributed by atoms with Crippen molar-refractivity contribution in [2.45, 2.75) is 39.5 Å². The van der Waals surface area contributed by atoms with Gasteiger partial charge in [-0.2, -0.15) is 23.5 Å². The monoisotopic (exact) mass is 367 g/mol. The Balaban J connectivity index is 2.46. The van der Waals surface area contributed by atoms with Crippen LogP contribution in [0, 0.1) is 18.3 Å². The van der Waals surface area contributed by atoms with E-state index in [9.17, 15) is 18.0 Å². The lowest BCUT2D eigenvalue weighted by Gasteiger charge is -2.20. The molecule has 7 nitrogen and oxygen atoms in total. The fourth-order valence-corrected chi connectivity index (χ4v) is 2.10. The number of halogens is 3. The summed E-state index contributed by atoms with van der Waals surface area (Å²) in [6.45, 7) is 6.20. The molecule has 0 unspecified atom stereocenters. The van der Waals surface area contributed by atoms with Gasteiger partial charge in [0, 0.05) is 0 Å². The molecule has 0 saturated heterocycles. The van der Waals surface area contributed by atoms with Gasteiger partial charge in [0.05, 0.1) is 11.8 Å². The first-order chi connectivity index (χ1) is 11.9. The molecule has 0 fully saturated rings. The third kappa shape index (κ3) is 4.30. The SMILES string of the molecule is Cc1cnn(-c2ccc(C#N)c(NC(=O)OC(C)(C)C)n2)c1C(F)(F)F. The summed E-state index contributed by atoms with van der Waals surface area (Å²) in [6, 6.07) is 4.26. The van der Waals surface area contributed by atoms with Crippen molar-refractivity contribution in [1.82, 2.24) is 14.8 Å². The van der Waals surface area contributed by atoms with Crippen LogP contribution in [0.5, 0.6) is 0 Å². The van der Waals surface area contributed by atoms with Gasteiger partial charge in [-0.1, -0.05) is 0 Å². The van der Waals surface area contributed by atoms with Crippen molar-refractivity contribution >= 4 is 11.9 Å². The van der Waals surface area contributed by atoms with Gasteiger partial charge in [0.2, 0.25) is 0 Å². The van der Waals surface area contributed by atoms with Crippen LogP contribution >= 0.6 is 0 Å². The van der Waals surface area contributed by atoms with Crippen LogP contribution in [0.4, 0.5) is 23.8 Å². The summed E-state index contributed by atoms with van der Waals surface area (Å²) in [5.74, 6) is -0.420. The quantitative estimate of drug-likeness (QED) is 0.871. The normalized spacial score (nSPS) is 11.8. The first kappa shape index (κ1) is 19.2. The van der Waals surface area contributed by atoms with Crippen molar-refractivity contribution in [3.8, 4) is 11.9 Å². The van der Waals surface area contributed by atoms with Crippen LogP contribution in [0.15, 0.2) is 18.3 Å². The first-order valence-electron chi connectivity index (χ1n) is 7.45. The summed E-state index contributed by atoms with van der Waals surface area (Å²) < 4.78 is 45.4. The number of rotatable bonds is 2. The molecule has 0 radical (unpaired) electrons. The second kappa shape index (κ2) is 6.67. The summed E-state index contributed by atoms with van der Waals surface area (Å²) in [6.07, 6.45) is -4.47. The molecule has 0 aromatic carbocycles. The second-order valence-electron chi connectivity index (χ2n) is 6.39. The third-order valence-electron chi connectivity index (χ3n) is 3.06. The van der Waals surface area contributed by atoms with Gasteiger partial charge in [0.15, 0.2) is 17.3 Å². The number of pyridine rings is 1. The van der Waals surface area contributed by atoms with E-state index in [4.69, 9.17) is 10.00 Å². The van der Waals surface area contributed by atoms with Gasteiger partial charge in [-0.3, -0.25) is 5.32 Å². The second-order valence-corrected chi connectivity index (χ2v) is 6.39. The van der Waals surface area contributed by atoms with Gasteiger partial charge in [-0.05, 0) is 45.4 Å². The van der Waals surface area contributed by atoms with E-state index in [1.165, 1.54) is 19.1 Å². The van der Waals surface area contributed by atoms with Crippen LogP contribution in [0.2, 0.25) is 0 Å². The Morgan fingerprint density at radius 1 is 1.31 bits per heavy atom. The van der Waals surface area contributed by atoms with Crippen LogP contribution in [-0.4, -0.2) is 26.5 Å². The highest BCUT2D eigenvalue weighted by atomic mass is 19.4. The third-order valence-corrected chi connectivity index (χ3v) is 3.06. The summed E-state index contributed by atoms with van der Waals surface area (Å²) in [7, 11) is 0. The number of hydrogen-bond donors (Lipinski definition) is 1. The summed E-state index contributed by atoms with van der Waals surface area (Å²) in [5, 5.41) is 15.1. The lowest BCUT2D eigenvalue weighted by Crippen LogP contribution is -2.28. The van der Waals surface area contributed by atoms with Crippen molar-refractivity contribution in [3.05, 3.63) is 35.2 Å². The molecule has 2 rings (SSSR count). The van der Waals surface area contributed by atoms with E-state index in [0.29, 0.717) is 4.68 Å². The van der Waals surface area contributed by atoms with E-state index < -0.39 is 23.6 Å². The molecule has 0 bridgehead atoms. The van der Waals surface area contributed by atoms with Crippen molar-refractivity contribution in [3.63, 3.8) is 0 Å². The Morgan fingerprint density at radius 3 is 2.50 bits per heavy atom. The summed E-state index contributed by atoms with van der Waals surface area (Å²) in [4.78, 5) is 15.8. The standard InChI is InChI=1S/C16H16F3N5O2/c1-9-8-21-24(12(9)16(17,18)19)11-6-5-10(7-20)13(22-11)23-14(25)26-15(2,3)4/h5-6,8H,1-4H3,(H,22,23,25). The molecule has 1 N–H and O–H groups in total. The molecule has 2 aromatic rings. The molecule has 0 atom stereocenters. The summed E-state index contributed by atoms with van der Waals surface area (Å²) >= 11 is 0. The minimum atomic E-state index is -4.64. The smallest absolute Gasteiger partial charge is 0.433 e. The molecule has 0 aliphatic heterocycles. The van der Waals surface area contributed by atoms with Crippen molar-refractivity contribution in [2.75, 3.05) is 5.32 Å². The molecule has 138 valence electrons. The number of aryl methyl sites for hydroxylation is 1. The molecular weight excluding hydrogens is 351 g/mol. The lowest BCUT2D eigenvalue weighted by atomic mass is 10.2. The number of nitriles is 1. The highest BCUT2D eigenvalue weighted by Crippen LogP contribution is 2.33. The molecule has 2 heterocycles. The van der Waals surface area contributed by atoms with Crippen LogP contribution < -0.4 is 5.32 Å². The molecule has 0 aliphatic rings. The van der Waals surface area contributed by atoms with E-state index >= 15 is 0 Å². The number of hydrogen-bond acceptors (Lipinski definition) is 5. The van der Waals surface area contributed by atoms with Crippen molar-refractivity contribution < 1.29 is 22.7 Å². The van der Waals surface area contributed by atoms with Gasteiger partial charge in [0.25, 0.3) is 0 Å². The average molecular weight is 367 g/mol. The average Bonchev–Trinajstić information content (AvgIpc) is 2.87. The number of nitrogens with zero attached hydrogens (tertiary/aromatic N) is 4. The highest BCUT2D eigenvalue weighted by molar-refractivity contribution is 5.85. The van der Waals surface area contributed by atoms with Gasteiger partial charge in [-0.25, -0.2) is 14.5 Å². The number of aromatic nitrogens is 3. The molecule has 26 heavy (non-hydrogen) atoms. The van der Waals surface area contributed by atoms with Gasteiger partial charge in [-0.15, -0.1) is 0 Å². The number of alkyl halides is 3. The molecule has 0 aliphatic carbocycles. The van der Waals surface area contributed by atoms with E-state index in [1.54, 1.807) is 20.8 Å². The molecule has 2 aromatic heterocycles. The van der Waals surface area contributed by atoms with Crippen molar-refractivity contribution in [1.29, 1.82) is 5.26 Å². The number of amides is 1. The zero-order valence-electron chi connectivity index (χ0n) is 14.5. The Morgan fingerprint density at radius 2 is 1.96 bits per heavy atom. The zero-order valence-corrected chi connectivity index (χ0v) is 14.5. The highest BCUT2D eigenvalue weighted by Gasteiger charge is 2.37. The number of carbonyl (C=O) groups is 1. The number of ether oxygens (including phenoxy) is 1. The summed E-state index contributed by atoms with van der Waals surface area (Å²) in [5.41, 5.74) is -1.89. The van der Waals surface area contributed by atoms with Gasteiger partial charge in [0.1, 0.15) is 11.7 Å². The maximum absolute atomic E-state index is 13.2. The van der Waals surface area contributed by atoms with E-state index in [-0.39, 0.29) is 22.8 Å². The number of anilines is 1. The Hall–Kier alpha value is -3.09. The Labute approximate surface area is 147 Å². The van der Waals surface area contributed by atoms with E-state index in [1.807, 2.05) is 6.07 Å². The van der Waals surface area contributed by atoms with Gasteiger partial charge < -0.3 is 4.74 Å². The molecule has 1 amide bonds. The Bertz CT molecular complexity index is 875. The number of nitrogens with one attached hydrogen (secondary N) is 1. The molecule has 10 heteroatoms. The zero-order chi connectivity index (χ0) is 19.7. The van der Waals surface area contributed by atoms with E-state index in [2.05, 4.69) is 15.4 Å². The fourth-order valence-electron chi connectivity index (χ4n) is 2.10. The van der Waals surface area contributed by atoms with Gasteiger partial charge >= 0.3 is 12.3 Å². The molecule has 0 spiro atoms. The van der Waals surface area contributed by atoms with Crippen LogP contribution in [0.3, 0.4) is 0 Å². The van der Waals surface area contributed by atoms with Crippen LogP contribution in [0.1, 0.15) is 37.6 Å². The minimum Gasteiger partial charge on any atom is -0.444 e. The Kier molecular flexibility index (Phi) is 4.93. The maximum Gasteiger partial charge on any atom is 0.433 e. The maximum atomic E-state index is 13.2. The minimum absolute atomic E-state index is 0.0305.